The number of hydrogen-bond acceptors (Lipinski definition) is 1. The summed E-state index contributed by atoms with van der Waals surface area (Å²) in [5.41, 5.74) is 1.35. The summed E-state index contributed by atoms with van der Waals surface area (Å²) < 4.78 is 5.26. The maximum atomic E-state index is 5.26. The van der Waals surface area contributed by atoms with Crippen LogP contribution in [0.5, 0.6) is 0 Å². The summed E-state index contributed by atoms with van der Waals surface area (Å²) in [7, 11) is 1.15. The van der Waals surface area contributed by atoms with E-state index in [9.17, 15) is 0 Å². The molecule has 1 rings (SSSR count). The van der Waals surface area contributed by atoms with Gasteiger partial charge in [0, 0.05) is 28.3 Å². The first-order valence-electron chi connectivity index (χ1n) is 2.85. The van der Waals surface area contributed by atoms with Crippen molar-refractivity contribution in [3.05, 3.63) is 5.73 Å². The van der Waals surface area contributed by atoms with Gasteiger partial charge in [-0.2, -0.15) is 6.42 Å². The van der Waals surface area contributed by atoms with Gasteiger partial charge >= 0.3 is 0 Å². The standard InChI is InChI=1S/C5H11OSi.Al.Ti.3H/c7-5-3-1-2-4-6-5;;;;;/h1-4H2,7H3;;;;;/q-1;;;;;. The number of rotatable bonds is 0. The van der Waals surface area contributed by atoms with E-state index in [1.807, 2.05) is 0 Å². The van der Waals surface area contributed by atoms with Crippen molar-refractivity contribution in [1.82, 2.24) is 0 Å². The molecule has 52 valence electrons. The third kappa shape index (κ3) is 5.85. The molecule has 0 aromatic heterocycles. The molecule has 0 bridgehead atoms. The third-order valence-electron chi connectivity index (χ3n) is 1.27. The Labute approximate surface area is 85.4 Å². The molecule has 0 radical (unpaired) electrons. The molecule has 0 amide bonds. The van der Waals surface area contributed by atoms with Crippen LogP contribution in [0.3, 0.4) is 0 Å². The van der Waals surface area contributed by atoms with Gasteiger partial charge in [0.15, 0.2) is 17.4 Å². The van der Waals surface area contributed by atoms with Crippen molar-refractivity contribution in [2.75, 3.05) is 6.61 Å². The van der Waals surface area contributed by atoms with Gasteiger partial charge in [0.05, 0.1) is 0 Å². The van der Waals surface area contributed by atoms with E-state index < -0.39 is 0 Å². The maximum Gasteiger partial charge on any atom is 0.187 e. The van der Waals surface area contributed by atoms with E-state index >= 15 is 0 Å². The van der Waals surface area contributed by atoms with Crippen molar-refractivity contribution in [3.8, 4) is 0 Å². The molecule has 9 heavy (non-hydrogen) atoms. The number of hydrogen-bond donors (Lipinski definition) is 0. The summed E-state index contributed by atoms with van der Waals surface area (Å²) in [4.78, 5) is 0. The Morgan fingerprint density at radius 1 is 1.33 bits per heavy atom. The van der Waals surface area contributed by atoms with Crippen LogP contribution in [0.25, 0.3) is 0 Å². The summed E-state index contributed by atoms with van der Waals surface area (Å²) >= 11 is 0. The van der Waals surface area contributed by atoms with Crippen molar-refractivity contribution in [2.24, 2.45) is 0 Å². The fourth-order valence-corrected chi connectivity index (χ4v) is 1.35. The minimum absolute atomic E-state index is 0. The normalized spacial score (nSPS) is 20.0. The van der Waals surface area contributed by atoms with E-state index in [0.717, 1.165) is 16.8 Å². The Morgan fingerprint density at radius 2 is 2.00 bits per heavy atom. The largest absolute Gasteiger partial charge is 0.551 e. The first kappa shape index (κ1) is 13.0. The molecule has 0 atom stereocenters. The fraction of sp³-hybridized carbons (Fsp3) is 0.800. The monoisotopic (exact) mass is 193 g/mol. The van der Waals surface area contributed by atoms with E-state index in [1.54, 1.807) is 0 Å². The second-order valence-electron chi connectivity index (χ2n) is 2.01. The molecule has 1 saturated heterocycles. The van der Waals surface area contributed by atoms with Crippen molar-refractivity contribution in [3.63, 3.8) is 0 Å². The van der Waals surface area contributed by atoms with Crippen molar-refractivity contribution >= 4 is 27.6 Å². The summed E-state index contributed by atoms with van der Waals surface area (Å²) in [6, 6.07) is 0. The van der Waals surface area contributed by atoms with Crippen molar-refractivity contribution in [1.29, 1.82) is 0 Å². The minimum atomic E-state index is 0. The van der Waals surface area contributed by atoms with E-state index in [0.29, 0.717) is 0 Å². The van der Waals surface area contributed by atoms with Gasteiger partial charge < -0.3 is 4.74 Å². The molecule has 0 N–H and O–H groups in total. The average molecular weight is 193 g/mol. The van der Waals surface area contributed by atoms with Crippen LogP contribution < -0.4 is 0 Å². The summed E-state index contributed by atoms with van der Waals surface area (Å²) in [5.74, 6) is 0. The summed E-state index contributed by atoms with van der Waals surface area (Å²) in [6.45, 7) is 0.985. The SMILES string of the molecule is [AlH3].[SiH3][C-]1CCCCO1.[Ti]. The Morgan fingerprint density at radius 3 is 2.22 bits per heavy atom. The Kier molecular flexibility index (Phi) is 10.9. The van der Waals surface area contributed by atoms with E-state index in [1.165, 1.54) is 25.0 Å². The molecule has 0 aliphatic carbocycles. The van der Waals surface area contributed by atoms with Gasteiger partial charge in [-0.05, 0) is 6.42 Å². The third-order valence-corrected chi connectivity index (χ3v) is 2.06. The zero-order valence-electron chi connectivity index (χ0n) is 5.24. The van der Waals surface area contributed by atoms with Crippen LogP contribution in [0, 0.1) is 5.73 Å². The smallest absolute Gasteiger partial charge is 0.187 e. The van der Waals surface area contributed by atoms with Gasteiger partial charge in [-0.1, -0.05) is 6.42 Å². The summed E-state index contributed by atoms with van der Waals surface area (Å²) in [6.07, 6.45) is 3.87. The van der Waals surface area contributed by atoms with Gasteiger partial charge in [0.1, 0.15) is 0 Å². The van der Waals surface area contributed by atoms with Gasteiger partial charge in [0.2, 0.25) is 0 Å². The van der Waals surface area contributed by atoms with Crippen LogP contribution in [0.4, 0.5) is 0 Å². The van der Waals surface area contributed by atoms with Crippen LogP contribution in [-0.4, -0.2) is 34.2 Å². The molecule has 0 aromatic carbocycles. The zero-order valence-corrected chi connectivity index (χ0v) is 8.80. The Balaban J connectivity index is 0. The first-order valence-corrected chi connectivity index (χ1v) is 3.85. The van der Waals surface area contributed by atoms with E-state index in [-0.39, 0.29) is 39.1 Å². The molecule has 0 spiro atoms. The van der Waals surface area contributed by atoms with E-state index in [4.69, 9.17) is 4.74 Å². The van der Waals surface area contributed by atoms with Gasteiger partial charge in [0.25, 0.3) is 0 Å². The molecule has 0 saturated carbocycles. The molecular weight excluding hydrogens is 179 g/mol. The van der Waals surface area contributed by atoms with Crippen LogP contribution in [0.15, 0.2) is 0 Å². The minimum Gasteiger partial charge on any atom is -0.551 e. The number of ether oxygens (including phenoxy) is 1. The van der Waals surface area contributed by atoms with Gasteiger partial charge in [-0.25, -0.2) is 5.73 Å². The second kappa shape index (κ2) is 7.53. The van der Waals surface area contributed by atoms with Gasteiger partial charge in [-0.3, -0.25) is 0 Å². The average Bonchev–Trinajstić information content (AvgIpc) is 1.69. The quantitative estimate of drug-likeness (QED) is 0.349. The Bertz CT molecular complexity index is 58.9. The van der Waals surface area contributed by atoms with Crippen LogP contribution in [0.1, 0.15) is 19.3 Å². The van der Waals surface area contributed by atoms with E-state index in [2.05, 4.69) is 0 Å². The molecule has 1 nitrogen and oxygen atoms in total. The molecule has 1 heterocycles. The molecule has 1 aliphatic rings. The predicted molar refractivity (Wildman–Crippen MR) is 42.9 cm³/mol. The van der Waals surface area contributed by atoms with Crippen LogP contribution in [0.2, 0.25) is 0 Å². The van der Waals surface area contributed by atoms with Crippen LogP contribution >= 0.6 is 0 Å². The van der Waals surface area contributed by atoms with Gasteiger partial charge in [-0.15, -0.1) is 10.2 Å². The molecule has 1 aliphatic heterocycles. The maximum absolute atomic E-state index is 5.26. The summed E-state index contributed by atoms with van der Waals surface area (Å²) in [5, 5.41) is 0. The van der Waals surface area contributed by atoms with Crippen LogP contribution in [-0.2, 0) is 26.5 Å². The molecule has 0 aromatic rings. The molecular formula is C5H14AlOSiTi-. The first-order chi connectivity index (χ1) is 3.39. The molecule has 4 heteroatoms. The molecule has 0 unspecified atom stereocenters. The fourth-order valence-electron chi connectivity index (χ4n) is 0.795. The zero-order chi connectivity index (χ0) is 5.11. The Hall–Kier alpha value is 1.42. The molecule has 1 fully saturated rings. The predicted octanol–water partition coefficient (Wildman–Crippen LogP) is -1.14. The van der Waals surface area contributed by atoms with Crippen molar-refractivity contribution < 1.29 is 26.5 Å². The topological polar surface area (TPSA) is 9.23 Å². The van der Waals surface area contributed by atoms with Crippen molar-refractivity contribution in [2.45, 2.75) is 19.3 Å². The second-order valence-corrected chi connectivity index (χ2v) is 3.12.